The number of carbonyl (C=O) groups excluding carboxylic acids is 1. The number of likely N-dealkylation sites (tertiary alicyclic amines) is 1. The molecule has 1 saturated heterocycles. The molecule has 0 saturated carbocycles. The largest absolute Gasteiger partial charge is 0.333 e. The number of piperidine rings is 1. The molecule has 4 nitrogen and oxygen atoms in total. The number of amides is 2. The van der Waals surface area contributed by atoms with Gasteiger partial charge in [-0.05, 0) is 38.3 Å². The maximum atomic E-state index is 11.7. The third-order valence-electron chi connectivity index (χ3n) is 3.63. The van der Waals surface area contributed by atoms with Gasteiger partial charge in [0.2, 0.25) is 0 Å². The Labute approximate surface area is 115 Å². The van der Waals surface area contributed by atoms with Gasteiger partial charge in [0.25, 0.3) is 0 Å². The zero-order chi connectivity index (χ0) is 13.5. The molecule has 1 aromatic carbocycles. The molecule has 1 aliphatic heterocycles. The Morgan fingerprint density at radius 2 is 1.84 bits per heavy atom. The van der Waals surface area contributed by atoms with Crippen molar-refractivity contribution in [2.75, 3.05) is 31.5 Å². The summed E-state index contributed by atoms with van der Waals surface area (Å²) >= 11 is 0. The zero-order valence-corrected chi connectivity index (χ0v) is 11.7. The van der Waals surface area contributed by atoms with Crippen molar-refractivity contribution in [2.45, 2.75) is 26.2 Å². The summed E-state index contributed by atoms with van der Waals surface area (Å²) in [5.74, 6) is 0. The van der Waals surface area contributed by atoms with Gasteiger partial charge in [-0.25, -0.2) is 4.79 Å². The predicted molar refractivity (Wildman–Crippen MR) is 77.6 cm³/mol. The standard InChI is InChI=1S/C15H23N3O/c1-13-5-7-14(8-6-13)17-15(19)16-9-12-18-10-3-2-4-11-18/h5-8H,2-4,9-12H2,1H3,(H2,16,17,19)/p+1. The van der Waals surface area contributed by atoms with Crippen molar-refractivity contribution >= 4 is 11.7 Å². The van der Waals surface area contributed by atoms with Crippen LogP contribution in [-0.4, -0.2) is 32.2 Å². The molecule has 1 fully saturated rings. The second-order valence-corrected chi connectivity index (χ2v) is 5.31. The number of aryl methyl sites for hydroxylation is 1. The first kappa shape index (κ1) is 13.9. The minimum absolute atomic E-state index is 0.111. The van der Waals surface area contributed by atoms with E-state index in [1.54, 1.807) is 4.90 Å². The van der Waals surface area contributed by atoms with E-state index in [0.29, 0.717) is 0 Å². The van der Waals surface area contributed by atoms with Gasteiger partial charge in [-0.15, -0.1) is 0 Å². The van der Waals surface area contributed by atoms with Crippen molar-refractivity contribution in [3.8, 4) is 0 Å². The Hall–Kier alpha value is -1.55. The molecule has 0 atom stereocenters. The van der Waals surface area contributed by atoms with Crippen LogP contribution in [-0.2, 0) is 0 Å². The van der Waals surface area contributed by atoms with E-state index in [-0.39, 0.29) is 6.03 Å². The normalized spacial score (nSPS) is 16.1. The molecule has 2 amide bonds. The van der Waals surface area contributed by atoms with E-state index in [0.717, 1.165) is 18.8 Å². The lowest BCUT2D eigenvalue weighted by Crippen LogP contribution is -3.13. The molecule has 0 bridgehead atoms. The number of urea groups is 1. The van der Waals surface area contributed by atoms with Crippen LogP contribution in [0.2, 0.25) is 0 Å². The Morgan fingerprint density at radius 1 is 1.16 bits per heavy atom. The van der Waals surface area contributed by atoms with Gasteiger partial charge in [-0.2, -0.15) is 0 Å². The second-order valence-electron chi connectivity index (χ2n) is 5.31. The minimum atomic E-state index is -0.111. The lowest BCUT2D eigenvalue weighted by Gasteiger charge is -2.23. The molecule has 2 rings (SSSR count). The van der Waals surface area contributed by atoms with E-state index < -0.39 is 0 Å². The smallest absolute Gasteiger partial charge is 0.319 e. The van der Waals surface area contributed by atoms with Crippen molar-refractivity contribution in [3.63, 3.8) is 0 Å². The van der Waals surface area contributed by atoms with Crippen LogP contribution in [0.5, 0.6) is 0 Å². The molecule has 104 valence electrons. The van der Waals surface area contributed by atoms with Crippen LogP contribution in [0.25, 0.3) is 0 Å². The van der Waals surface area contributed by atoms with Crippen molar-refractivity contribution in [3.05, 3.63) is 29.8 Å². The minimum Gasteiger partial charge on any atom is -0.333 e. The SMILES string of the molecule is Cc1ccc(NC(=O)NCC[NH+]2CCCCC2)cc1. The summed E-state index contributed by atoms with van der Waals surface area (Å²) in [5.41, 5.74) is 2.04. The van der Waals surface area contributed by atoms with Crippen LogP contribution in [0.4, 0.5) is 10.5 Å². The van der Waals surface area contributed by atoms with E-state index in [1.165, 1.54) is 37.9 Å². The first-order valence-electron chi connectivity index (χ1n) is 7.19. The number of carbonyl (C=O) groups is 1. The summed E-state index contributed by atoms with van der Waals surface area (Å²) in [6.07, 6.45) is 4.01. The number of anilines is 1. The number of quaternary nitrogens is 1. The quantitative estimate of drug-likeness (QED) is 0.750. The highest BCUT2D eigenvalue weighted by Gasteiger charge is 2.12. The second kappa shape index (κ2) is 7.14. The maximum Gasteiger partial charge on any atom is 0.319 e. The van der Waals surface area contributed by atoms with Crippen molar-refractivity contribution in [1.29, 1.82) is 0 Å². The van der Waals surface area contributed by atoms with Gasteiger partial charge in [0.05, 0.1) is 26.2 Å². The highest BCUT2D eigenvalue weighted by molar-refractivity contribution is 5.89. The van der Waals surface area contributed by atoms with E-state index in [1.807, 2.05) is 31.2 Å². The fraction of sp³-hybridized carbons (Fsp3) is 0.533. The highest BCUT2D eigenvalue weighted by Crippen LogP contribution is 2.07. The molecule has 1 aromatic rings. The van der Waals surface area contributed by atoms with Crippen molar-refractivity contribution in [2.24, 2.45) is 0 Å². The number of benzene rings is 1. The van der Waals surface area contributed by atoms with Crippen molar-refractivity contribution in [1.82, 2.24) is 5.32 Å². The summed E-state index contributed by atoms with van der Waals surface area (Å²) in [4.78, 5) is 13.3. The van der Waals surface area contributed by atoms with Crippen LogP contribution in [0.1, 0.15) is 24.8 Å². The van der Waals surface area contributed by atoms with Gasteiger partial charge in [0.15, 0.2) is 0 Å². The van der Waals surface area contributed by atoms with E-state index in [4.69, 9.17) is 0 Å². The third kappa shape index (κ3) is 4.91. The number of hydrogen-bond acceptors (Lipinski definition) is 1. The Bertz CT molecular complexity index is 396. The van der Waals surface area contributed by atoms with Crippen LogP contribution < -0.4 is 15.5 Å². The Balaban J connectivity index is 1.65. The predicted octanol–water partition coefficient (Wildman–Crippen LogP) is 1.19. The maximum absolute atomic E-state index is 11.7. The summed E-state index contributed by atoms with van der Waals surface area (Å²) in [6.45, 7) is 6.31. The fourth-order valence-corrected chi connectivity index (χ4v) is 2.47. The molecule has 0 aliphatic carbocycles. The average molecular weight is 262 g/mol. The summed E-state index contributed by atoms with van der Waals surface area (Å²) in [6, 6.07) is 7.72. The van der Waals surface area contributed by atoms with Gasteiger partial charge < -0.3 is 15.5 Å². The highest BCUT2D eigenvalue weighted by atomic mass is 16.2. The lowest BCUT2D eigenvalue weighted by molar-refractivity contribution is -0.903. The van der Waals surface area contributed by atoms with Gasteiger partial charge in [0, 0.05) is 5.69 Å². The third-order valence-corrected chi connectivity index (χ3v) is 3.63. The molecular formula is C15H24N3O+. The van der Waals surface area contributed by atoms with Crippen LogP contribution >= 0.6 is 0 Å². The van der Waals surface area contributed by atoms with E-state index in [2.05, 4.69) is 10.6 Å². The molecule has 0 spiro atoms. The molecule has 19 heavy (non-hydrogen) atoms. The van der Waals surface area contributed by atoms with Gasteiger partial charge >= 0.3 is 6.03 Å². The monoisotopic (exact) mass is 262 g/mol. The lowest BCUT2D eigenvalue weighted by atomic mass is 10.1. The molecule has 1 heterocycles. The van der Waals surface area contributed by atoms with Gasteiger partial charge in [0.1, 0.15) is 0 Å². The molecule has 0 radical (unpaired) electrons. The van der Waals surface area contributed by atoms with Crippen LogP contribution in [0.3, 0.4) is 0 Å². The molecule has 0 unspecified atom stereocenters. The number of nitrogens with one attached hydrogen (secondary N) is 3. The topological polar surface area (TPSA) is 45.6 Å². The molecule has 1 aliphatic rings. The zero-order valence-electron chi connectivity index (χ0n) is 11.7. The van der Waals surface area contributed by atoms with Gasteiger partial charge in [-0.1, -0.05) is 17.7 Å². The Morgan fingerprint density at radius 3 is 2.53 bits per heavy atom. The van der Waals surface area contributed by atoms with Crippen LogP contribution in [0.15, 0.2) is 24.3 Å². The molecule has 3 N–H and O–H groups in total. The fourth-order valence-electron chi connectivity index (χ4n) is 2.47. The molecule has 0 aromatic heterocycles. The van der Waals surface area contributed by atoms with E-state index >= 15 is 0 Å². The first-order valence-corrected chi connectivity index (χ1v) is 7.19. The molecule has 4 heteroatoms. The summed E-state index contributed by atoms with van der Waals surface area (Å²) in [7, 11) is 0. The summed E-state index contributed by atoms with van der Waals surface area (Å²) < 4.78 is 0. The van der Waals surface area contributed by atoms with E-state index in [9.17, 15) is 4.79 Å². The van der Waals surface area contributed by atoms with Gasteiger partial charge in [-0.3, -0.25) is 0 Å². The van der Waals surface area contributed by atoms with Crippen molar-refractivity contribution < 1.29 is 9.69 Å². The summed E-state index contributed by atoms with van der Waals surface area (Å²) in [5, 5.41) is 5.77. The van der Waals surface area contributed by atoms with Crippen LogP contribution in [0, 0.1) is 6.92 Å². The number of hydrogen-bond donors (Lipinski definition) is 3. The average Bonchev–Trinajstić information content (AvgIpc) is 2.43. The molecular weight excluding hydrogens is 238 g/mol. The Kier molecular flexibility index (Phi) is 5.21. The number of rotatable bonds is 4. The first-order chi connectivity index (χ1) is 9.24.